The number of fused-ring (bicyclic) bond motifs is 3. The predicted molar refractivity (Wildman–Crippen MR) is 130 cm³/mol. The lowest BCUT2D eigenvalue weighted by Gasteiger charge is -2.23. The molecule has 1 N–H and O–H groups in total. The Balaban J connectivity index is 1.39. The van der Waals surface area contributed by atoms with E-state index in [0.717, 1.165) is 48.2 Å². The molecular weight excluding hydrogens is 453 g/mol. The van der Waals surface area contributed by atoms with Crippen LogP contribution in [0.1, 0.15) is 37.3 Å². The summed E-state index contributed by atoms with van der Waals surface area (Å²) >= 11 is 0. The molecule has 0 radical (unpaired) electrons. The highest BCUT2D eigenvalue weighted by Gasteiger charge is 2.41. The van der Waals surface area contributed by atoms with Crippen molar-refractivity contribution in [1.29, 1.82) is 0 Å². The van der Waals surface area contributed by atoms with Gasteiger partial charge in [-0.15, -0.1) is 0 Å². The topological polar surface area (TPSA) is 73.2 Å². The zero-order valence-electron chi connectivity index (χ0n) is 19.5. The summed E-state index contributed by atoms with van der Waals surface area (Å²) in [6.07, 6.45) is 4.37. The number of halogens is 1. The van der Waals surface area contributed by atoms with Crippen molar-refractivity contribution in [1.82, 2.24) is 14.5 Å². The highest BCUT2D eigenvalue weighted by molar-refractivity contribution is 7.84. The molecule has 1 heterocycles. The number of aromatic nitrogens is 2. The Labute approximate surface area is 200 Å². The van der Waals surface area contributed by atoms with E-state index in [0.29, 0.717) is 6.42 Å². The smallest absolute Gasteiger partial charge is 0.267 e. The molecule has 1 saturated carbocycles. The van der Waals surface area contributed by atoms with Crippen LogP contribution in [-0.4, -0.2) is 30.8 Å². The Morgan fingerprint density at radius 1 is 1.03 bits per heavy atom. The van der Waals surface area contributed by atoms with E-state index in [1.807, 2.05) is 24.7 Å². The van der Waals surface area contributed by atoms with Crippen LogP contribution in [0.2, 0.25) is 0 Å². The summed E-state index contributed by atoms with van der Waals surface area (Å²) in [6, 6.07) is 14.8. The Hall–Kier alpha value is -2.55. The summed E-state index contributed by atoms with van der Waals surface area (Å²) in [6.45, 7) is 2.09. The molecule has 0 amide bonds. The summed E-state index contributed by atoms with van der Waals surface area (Å²) in [4.78, 5) is 0. The highest BCUT2D eigenvalue weighted by atomic mass is 32.2. The van der Waals surface area contributed by atoms with Crippen molar-refractivity contribution in [3.8, 4) is 22.5 Å². The molecule has 3 atom stereocenters. The molecule has 3 aromatic rings. The number of benzene rings is 2. The molecule has 0 saturated heterocycles. The summed E-state index contributed by atoms with van der Waals surface area (Å²) in [5.74, 6) is 0.265. The second-order valence-electron chi connectivity index (χ2n) is 9.45. The van der Waals surface area contributed by atoms with Crippen molar-refractivity contribution in [3.05, 3.63) is 65.5 Å². The van der Waals surface area contributed by atoms with E-state index in [9.17, 15) is 12.8 Å². The minimum Gasteiger partial charge on any atom is -0.267 e. The van der Waals surface area contributed by atoms with Crippen molar-refractivity contribution < 1.29 is 17.0 Å². The van der Waals surface area contributed by atoms with Crippen LogP contribution in [0, 0.1) is 17.7 Å². The Bertz CT molecular complexity index is 1290. The van der Waals surface area contributed by atoms with E-state index in [1.165, 1.54) is 23.3 Å². The first kappa shape index (κ1) is 23.2. The van der Waals surface area contributed by atoms with Gasteiger partial charge in [0.2, 0.25) is 0 Å². The minimum atomic E-state index is -3.74. The van der Waals surface area contributed by atoms with Crippen LogP contribution in [0.25, 0.3) is 22.5 Å². The molecule has 2 bridgehead atoms. The summed E-state index contributed by atoms with van der Waals surface area (Å²) in [5.41, 5.74) is 6.27. The monoisotopic (exact) mass is 483 g/mol. The fraction of sp³-hybridized carbons (Fsp3) is 0.423. The first-order valence-electron chi connectivity index (χ1n) is 11.9. The van der Waals surface area contributed by atoms with E-state index >= 15 is 0 Å². The van der Waals surface area contributed by atoms with Crippen molar-refractivity contribution in [2.75, 3.05) is 6.61 Å². The molecule has 1 fully saturated rings. The van der Waals surface area contributed by atoms with Crippen LogP contribution in [0.4, 0.5) is 4.39 Å². The van der Waals surface area contributed by atoms with Crippen LogP contribution in [0.3, 0.4) is 0 Å². The van der Waals surface area contributed by atoms with Gasteiger partial charge < -0.3 is 0 Å². The maximum absolute atomic E-state index is 13.3. The van der Waals surface area contributed by atoms with Crippen LogP contribution in [0.5, 0.6) is 0 Å². The van der Waals surface area contributed by atoms with Gasteiger partial charge in [0.15, 0.2) is 0 Å². The van der Waals surface area contributed by atoms with Gasteiger partial charge in [0.1, 0.15) is 5.82 Å². The first-order chi connectivity index (χ1) is 16.3. The molecule has 34 heavy (non-hydrogen) atoms. The highest BCUT2D eigenvalue weighted by Crippen LogP contribution is 2.41. The third-order valence-electron chi connectivity index (χ3n) is 7.13. The van der Waals surface area contributed by atoms with Gasteiger partial charge in [-0.1, -0.05) is 19.1 Å². The molecule has 2 aliphatic rings. The SMILES string of the molecule is CCCOS(=O)(=O)N[C@H]1[C@@H]2CC[C@H]1Cc1ccc(-c3cc(-c4ccc(F)cc4)n(C)n3)cc1C2. The van der Waals surface area contributed by atoms with Crippen LogP contribution < -0.4 is 4.72 Å². The van der Waals surface area contributed by atoms with Crippen LogP contribution >= 0.6 is 0 Å². The molecule has 2 aliphatic carbocycles. The molecular formula is C26H30FN3O3S. The van der Waals surface area contributed by atoms with Crippen molar-refractivity contribution in [2.45, 2.75) is 45.1 Å². The van der Waals surface area contributed by atoms with Crippen molar-refractivity contribution in [3.63, 3.8) is 0 Å². The molecule has 0 spiro atoms. The van der Waals surface area contributed by atoms with Gasteiger partial charge in [-0.2, -0.15) is 18.2 Å². The molecule has 2 aromatic carbocycles. The Morgan fingerprint density at radius 2 is 1.71 bits per heavy atom. The summed E-state index contributed by atoms with van der Waals surface area (Å²) < 4.78 is 47.9. The van der Waals surface area contributed by atoms with E-state index in [4.69, 9.17) is 9.28 Å². The quantitative estimate of drug-likeness (QED) is 0.531. The number of nitrogens with zero attached hydrogens (tertiary/aromatic N) is 2. The second kappa shape index (κ2) is 9.24. The van der Waals surface area contributed by atoms with Gasteiger partial charge in [0.05, 0.1) is 18.0 Å². The number of hydrogen-bond acceptors (Lipinski definition) is 4. The third-order valence-corrected chi connectivity index (χ3v) is 8.17. The number of hydrogen-bond donors (Lipinski definition) is 1. The second-order valence-corrected chi connectivity index (χ2v) is 10.8. The Kier molecular flexibility index (Phi) is 6.31. The lowest BCUT2D eigenvalue weighted by molar-refractivity contribution is 0.292. The molecule has 180 valence electrons. The largest absolute Gasteiger partial charge is 0.336 e. The van der Waals surface area contributed by atoms with Gasteiger partial charge >= 0.3 is 10.3 Å². The first-order valence-corrected chi connectivity index (χ1v) is 13.3. The van der Waals surface area contributed by atoms with Crippen molar-refractivity contribution >= 4 is 10.3 Å². The average molecular weight is 484 g/mol. The summed E-state index contributed by atoms with van der Waals surface area (Å²) in [7, 11) is -1.85. The normalized spacial score (nSPS) is 21.9. The number of nitrogens with one attached hydrogen (secondary N) is 1. The van der Waals surface area contributed by atoms with Gasteiger partial charge in [-0.25, -0.2) is 4.39 Å². The molecule has 8 heteroatoms. The van der Waals surface area contributed by atoms with Gasteiger partial charge in [-0.3, -0.25) is 8.86 Å². The lowest BCUT2D eigenvalue weighted by Crippen LogP contribution is -2.42. The predicted octanol–water partition coefficient (Wildman–Crippen LogP) is 4.65. The Morgan fingerprint density at radius 3 is 2.41 bits per heavy atom. The molecule has 1 aromatic heterocycles. The minimum absolute atomic E-state index is 0.0994. The molecule has 6 nitrogen and oxygen atoms in total. The van der Waals surface area contributed by atoms with Crippen LogP contribution in [-0.2, 0) is 34.4 Å². The van der Waals surface area contributed by atoms with E-state index < -0.39 is 10.3 Å². The fourth-order valence-corrected chi connectivity index (χ4v) is 6.63. The van der Waals surface area contributed by atoms with Gasteiger partial charge in [0.25, 0.3) is 0 Å². The zero-order valence-corrected chi connectivity index (χ0v) is 20.3. The van der Waals surface area contributed by atoms with Gasteiger partial charge in [0, 0.05) is 18.7 Å². The van der Waals surface area contributed by atoms with E-state index in [2.05, 4.69) is 22.9 Å². The number of aryl methyl sites for hydroxylation is 1. The lowest BCUT2D eigenvalue weighted by atomic mass is 9.91. The molecule has 5 rings (SSSR count). The van der Waals surface area contributed by atoms with Crippen molar-refractivity contribution in [2.24, 2.45) is 18.9 Å². The molecule has 0 aliphatic heterocycles. The maximum Gasteiger partial charge on any atom is 0.336 e. The standard InChI is InChI=1S/C26H30FN3O3S/c1-3-12-33-34(31,32)29-26-20-6-7-21(26)15-22-14-19(5-4-18(22)13-20)24-16-25(30(2)28-24)17-8-10-23(27)11-9-17/h4-5,8-11,14,16,20-21,26,29H,3,6-7,12-13,15H2,1-2H3/t20-,21+,26+/m0/s1. The third kappa shape index (κ3) is 4.67. The molecule has 0 unspecified atom stereocenters. The zero-order chi connectivity index (χ0) is 23.9. The maximum atomic E-state index is 13.3. The van der Waals surface area contributed by atoms with Crippen LogP contribution in [0.15, 0.2) is 48.5 Å². The van der Waals surface area contributed by atoms with E-state index in [1.54, 1.807) is 12.1 Å². The summed E-state index contributed by atoms with van der Waals surface area (Å²) in [5, 5.41) is 4.71. The van der Waals surface area contributed by atoms with E-state index in [-0.39, 0.29) is 30.3 Å². The fourth-order valence-electron chi connectivity index (χ4n) is 5.45. The van der Waals surface area contributed by atoms with Gasteiger partial charge in [-0.05, 0) is 97.0 Å². The number of rotatable bonds is 7. The average Bonchev–Trinajstić information content (AvgIpc) is 3.31.